The van der Waals surface area contributed by atoms with E-state index in [1.165, 1.54) is 0 Å². The van der Waals surface area contributed by atoms with Gasteiger partial charge in [-0.05, 0) is 44.4 Å². The van der Waals surface area contributed by atoms with Crippen molar-refractivity contribution in [3.05, 3.63) is 23.8 Å². The predicted octanol–water partition coefficient (Wildman–Crippen LogP) is 2.41. The molecule has 2 rings (SSSR count). The van der Waals surface area contributed by atoms with Gasteiger partial charge in [-0.15, -0.1) is 0 Å². The molecule has 0 heterocycles. The van der Waals surface area contributed by atoms with Crippen molar-refractivity contribution in [2.75, 3.05) is 13.7 Å². The standard InChI is InChI=1S/C19H28N2O4/c1-4-25-16-10-9-14(11-17(16)24-3)12-20-18(22)13(2)21-19(23)15-7-5-6-8-15/h9-11,13,15H,4-8,12H2,1-3H3,(H,20,22)(H,21,23)/t13-/m1/s1. The smallest absolute Gasteiger partial charge is 0.242 e. The first-order valence-electron chi connectivity index (χ1n) is 8.93. The van der Waals surface area contributed by atoms with Crippen molar-refractivity contribution < 1.29 is 19.1 Å². The van der Waals surface area contributed by atoms with Gasteiger partial charge in [0.05, 0.1) is 13.7 Å². The van der Waals surface area contributed by atoms with Crippen LogP contribution in [0.25, 0.3) is 0 Å². The predicted molar refractivity (Wildman–Crippen MR) is 95.6 cm³/mol. The molecule has 1 aliphatic carbocycles. The molecule has 0 aliphatic heterocycles. The number of carbonyl (C=O) groups excluding carboxylic acids is 2. The van der Waals surface area contributed by atoms with E-state index in [1.54, 1.807) is 14.0 Å². The SMILES string of the molecule is CCOc1ccc(CNC(=O)[C@@H](C)NC(=O)C2CCCC2)cc1OC. The lowest BCUT2D eigenvalue weighted by Gasteiger charge is -2.17. The van der Waals surface area contributed by atoms with E-state index in [2.05, 4.69) is 10.6 Å². The first-order valence-corrected chi connectivity index (χ1v) is 8.93. The van der Waals surface area contributed by atoms with Gasteiger partial charge in [-0.1, -0.05) is 18.9 Å². The third kappa shape index (κ3) is 5.37. The molecule has 0 radical (unpaired) electrons. The first kappa shape index (κ1) is 19.1. The van der Waals surface area contributed by atoms with Gasteiger partial charge in [0.1, 0.15) is 6.04 Å². The van der Waals surface area contributed by atoms with Crippen molar-refractivity contribution >= 4 is 11.8 Å². The number of ether oxygens (including phenoxy) is 2. The highest BCUT2D eigenvalue weighted by Crippen LogP contribution is 2.28. The van der Waals surface area contributed by atoms with Crippen LogP contribution in [0.4, 0.5) is 0 Å². The van der Waals surface area contributed by atoms with Crippen molar-refractivity contribution in [1.29, 1.82) is 0 Å². The third-order valence-corrected chi connectivity index (χ3v) is 4.47. The topological polar surface area (TPSA) is 76.7 Å². The van der Waals surface area contributed by atoms with E-state index < -0.39 is 6.04 Å². The molecule has 25 heavy (non-hydrogen) atoms. The van der Waals surface area contributed by atoms with Crippen molar-refractivity contribution in [2.45, 2.75) is 52.1 Å². The second-order valence-corrected chi connectivity index (χ2v) is 6.35. The Kier molecular flexibility index (Phi) is 7.10. The van der Waals surface area contributed by atoms with Crippen LogP contribution in [0.15, 0.2) is 18.2 Å². The van der Waals surface area contributed by atoms with Gasteiger partial charge in [-0.3, -0.25) is 9.59 Å². The normalized spacial score (nSPS) is 15.5. The largest absolute Gasteiger partial charge is 0.493 e. The molecule has 0 aromatic heterocycles. The average Bonchev–Trinajstić information content (AvgIpc) is 3.15. The molecular weight excluding hydrogens is 320 g/mol. The van der Waals surface area contributed by atoms with E-state index in [4.69, 9.17) is 9.47 Å². The summed E-state index contributed by atoms with van der Waals surface area (Å²) in [5, 5.41) is 5.66. The van der Waals surface area contributed by atoms with Gasteiger partial charge in [0.2, 0.25) is 11.8 Å². The number of rotatable bonds is 8. The van der Waals surface area contributed by atoms with Crippen LogP contribution in [0.3, 0.4) is 0 Å². The van der Waals surface area contributed by atoms with E-state index in [0.717, 1.165) is 31.2 Å². The lowest BCUT2D eigenvalue weighted by molar-refractivity contribution is -0.130. The van der Waals surface area contributed by atoms with Crippen LogP contribution in [0, 0.1) is 5.92 Å². The maximum absolute atomic E-state index is 12.2. The maximum Gasteiger partial charge on any atom is 0.242 e. The summed E-state index contributed by atoms with van der Waals surface area (Å²) in [5.41, 5.74) is 0.906. The van der Waals surface area contributed by atoms with Gasteiger partial charge in [0, 0.05) is 12.5 Å². The number of hydrogen-bond acceptors (Lipinski definition) is 4. The van der Waals surface area contributed by atoms with Crippen LogP contribution in [-0.2, 0) is 16.1 Å². The molecule has 1 aromatic carbocycles. The Morgan fingerprint density at radius 1 is 1.24 bits per heavy atom. The first-order chi connectivity index (χ1) is 12.0. The highest BCUT2D eigenvalue weighted by atomic mass is 16.5. The van der Waals surface area contributed by atoms with Gasteiger partial charge in [0.25, 0.3) is 0 Å². The number of benzene rings is 1. The Morgan fingerprint density at radius 3 is 2.60 bits per heavy atom. The molecule has 0 bridgehead atoms. The minimum atomic E-state index is -0.544. The molecule has 138 valence electrons. The highest BCUT2D eigenvalue weighted by molar-refractivity contribution is 5.88. The van der Waals surface area contributed by atoms with Crippen molar-refractivity contribution in [3.8, 4) is 11.5 Å². The molecular formula is C19H28N2O4. The molecule has 2 amide bonds. The average molecular weight is 348 g/mol. The van der Waals surface area contributed by atoms with Crippen LogP contribution < -0.4 is 20.1 Å². The highest BCUT2D eigenvalue weighted by Gasteiger charge is 2.25. The second kappa shape index (κ2) is 9.30. The van der Waals surface area contributed by atoms with Gasteiger partial charge in [0.15, 0.2) is 11.5 Å². The summed E-state index contributed by atoms with van der Waals surface area (Å²) in [6.45, 7) is 4.55. The lowest BCUT2D eigenvalue weighted by atomic mass is 10.1. The molecule has 0 saturated heterocycles. The zero-order valence-corrected chi connectivity index (χ0v) is 15.3. The number of hydrogen-bond donors (Lipinski definition) is 2. The van der Waals surface area contributed by atoms with Crippen molar-refractivity contribution in [3.63, 3.8) is 0 Å². The number of carbonyl (C=O) groups is 2. The molecule has 1 fully saturated rings. The number of amides is 2. The lowest BCUT2D eigenvalue weighted by Crippen LogP contribution is -2.46. The van der Waals surface area contributed by atoms with Gasteiger partial charge in [-0.25, -0.2) is 0 Å². The Hall–Kier alpha value is -2.24. The fourth-order valence-electron chi connectivity index (χ4n) is 3.02. The maximum atomic E-state index is 12.2. The fourth-order valence-corrected chi connectivity index (χ4v) is 3.02. The van der Waals surface area contributed by atoms with E-state index in [0.29, 0.717) is 24.7 Å². The molecule has 0 spiro atoms. The van der Waals surface area contributed by atoms with E-state index in [1.807, 2.05) is 25.1 Å². The summed E-state index contributed by atoms with van der Waals surface area (Å²) in [6.07, 6.45) is 4.04. The molecule has 6 heteroatoms. The summed E-state index contributed by atoms with van der Waals surface area (Å²) in [4.78, 5) is 24.3. The summed E-state index contributed by atoms with van der Waals surface area (Å²) in [6, 6.07) is 5.01. The third-order valence-electron chi connectivity index (χ3n) is 4.47. The molecule has 1 aromatic rings. The number of nitrogens with one attached hydrogen (secondary N) is 2. The van der Waals surface area contributed by atoms with Crippen LogP contribution in [-0.4, -0.2) is 31.6 Å². The molecule has 1 aliphatic rings. The molecule has 0 unspecified atom stereocenters. The minimum Gasteiger partial charge on any atom is -0.493 e. The summed E-state index contributed by atoms with van der Waals surface area (Å²) < 4.78 is 10.8. The van der Waals surface area contributed by atoms with Crippen LogP contribution >= 0.6 is 0 Å². The van der Waals surface area contributed by atoms with Gasteiger partial charge >= 0.3 is 0 Å². The summed E-state index contributed by atoms with van der Waals surface area (Å²) in [7, 11) is 1.58. The zero-order valence-electron chi connectivity index (χ0n) is 15.3. The second-order valence-electron chi connectivity index (χ2n) is 6.35. The van der Waals surface area contributed by atoms with Crippen LogP contribution in [0.2, 0.25) is 0 Å². The fraction of sp³-hybridized carbons (Fsp3) is 0.579. The van der Waals surface area contributed by atoms with Crippen LogP contribution in [0.5, 0.6) is 11.5 Å². The molecule has 6 nitrogen and oxygen atoms in total. The van der Waals surface area contributed by atoms with E-state index in [-0.39, 0.29) is 17.7 Å². The minimum absolute atomic E-state index is 0.0112. The number of methoxy groups -OCH3 is 1. The van der Waals surface area contributed by atoms with Crippen molar-refractivity contribution in [2.24, 2.45) is 5.92 Å². The van der Waals surface area contributed by atoms with Crippen LogP contribution in [0.1, 0.15) is 45.1 Å². The zero-order chi connectivity index (χ0) is 18.2. The van der Waals surface area contributed by atoms with Crippen molar-refractivity contribution in [1.82, 2.24) is 10.6 Å². The Morgan fingerprint density at radius 2 is 1.96 bits per heavy atom. The van der Waals surface area contributed by atoms with Gasteiger partial charge < -0.3 is 20.1 Å². The Labute approximate surface area is 149 Å². The van der Waals surface area contributed by atoms with E-state index in [9.17, 15) is 9.59 Å². The quantitative estimate of drug-likeness (QED) is 0.756. The summed E-state index contributed by atoms with van der Waals surface area (Å²) in [5.74, 6) is 1.17. The monoisotopic (exact) mass is 348 g/mol. The molecule has 2 N–H and O–H groups in total. The van der Waals surface area contributed by atoms with E-state index >= 15 is 0 Å². The Bertz CT molecular complexity index is 597. The summed E-state index contributed by atoms with van der Waals surface area (Å²) >= 11 is 0. The Balaban J connectivity index is 1.85. The van der Waals surface area contributed by atoms with Gasteiger partial charge in [-0.2, -0.15) is 0 Å². The molecule has 1 atom stereocenters. The molecule has 1 saturated carbocycles.